The van der Waals surface area contributed by atoms with Crippen LogP contribution >= 0.6 is 0 Å². The fourth-order valence-electron chi connectivity index (χ4n) is 1.98. The molecule has 0 fully saturated rings. The van der Waals surface area contributed by atoms with Crippen LogP contribution in [0, 0.1) is 0 Å². The fraction of sp³-hybridized carbons (Fsp3) is 0.214. The van der Waals surface area contributed by atoms with Gasteiger partial charge in [-0.2, -0.15) is 9.50 Å². The summed E-state index contributed by atoms with van der Waals surface area (Å²) in [6.07, 6.45) is -2.79. The first-order valence-corrected chi connectivity index (χ1v) is 6.68. The highest BCUT2D eigenvalue weighted by Crippen LogP contribution is 2.22. The zero-order valence-electron chi connectivity index (χ0n) is 12.1. The quantitative estimate of drug-likeness (QED) is 0.750. The van der Waals surface area contributed by atoms with Gasteiger partial charge >= 0.3 is 0 Å². The average Bonchev–Trinajstić information content (AvgIpc) is 2.97. The summed E-state index contributed by atoms with van der Waals surface area (Å²) in [6, 6.07) is 8.23. The van der Waals surface area contributed by atoms with Gasteiger partial charge in [0.25, 0.3) is 12.2 Å². The predicted octanol–water partition coefficient (Wildman–Crippen LogP) is 2.39. The maximum Gasteiger partial charge on any atom is 0.280 e. The van der Waals surface area contributed by atoms with Crippen molar-refractivity contribution < 1.29 is 18.6 Å². The molecule has 23 heavy (non-hydrogen) atoms. The van der Waals surface area contributed by atoms with E-state index in [-0.39, 0.29) is 11.7 Å². The standard InChI is InChI=1S/C14H13F2N5O2/c1-23-9-4-2-8(3-5-9)7-17-13-19-14-18-10(12(15)16)6-11(22)21(14)20-13/h2-6,12,22H,7H2,1H3,(H,17,20). The number of fused-ring (bicyclic) bond motifs is 1. The third-order valence-corrected chi connectivity index (χ3v) is 3.15. The Labute approximate surface area is 129 Å². The van der Waals surface area contributed by atoms with E-state index in [1.54, 1.807) is 7.11 Å². The SMILES string of the molecule is COc1ccc(CNc2nc3nc(C(F)F)cc(O)n3n2)cc1. The van der Waals surface area contributed by atoms with Gasteiger partial charge in [-0.3, -0.25) is 0 Å². The second kappa shape index (κ2) is 6.03. The van der Waals surface area contributed by atoms with E-state index in [0.29, 0.717) is 6.54 Å². The summed E-state index contributed by atoms with van der Waals surface area (Å²) >= 11 is 0. The summed E-state index contributed by atoms with van der Waals surface area (Å²) < 4.78 is 31.4. The number of aromatic nitrogens is 4. The third-order valence-electron chi connectivity index (χ3n) is 3.15. The van der Waals surface area contributed by atoms with Crippen LogP contribution in [-0.4, -0.2) is 31.8 Å². The van der Waals surface area contributed by atoms with E-state index in [1.807, 2.05) is 24.3 Å². The predicted molar refractivity (Wildman–Crippen MR) is 77.7 cm³/mol. The largest absolute Gasteiger partial charge is 0.497 e. The number of ether oxygens (including phenoxy) is 1. The first kappa shape index (κ1) is 14.9. The van der Waals surface area contributed by atoms with Crippen molar-refractivity contribution in [1.82, 2.24) is 19.6 Å². The van der Waals surface area contributed by atoms with Gasteiger partial charge in [0, 0.05) is 12.6 Å². The number of alkyl halides is 2. The van der Waals surface area contributed by atoms with Crippen LogP contribution in [0.25, 0.3) is 5.78 Å². The summed E-state index contributed by atoms with van der Waals surface area (Å²) in [5.74, 6) is 0.371. The highest BCUT2D eigenvalue weighted by Gasteiger charge is 2.15. The number of anilines is 1. The van der Waals surface area contributed by atoms with Crippen LogP contribution in [0.3, 0.4) is 0 Å². The molecule has 0 bridgehead atoms. The minimum Gasteiger partial charge on any atom is -0.497 e. The first-order valence-electron chi connectivity index (χ1n) is 6.68. The number of methoxy groups -OCH3 is 1. The molecule has 9 heteroatoms. The summed E-state index contributed by atoms with van der Waals surface area (Å²) in [5, 5.41) is 16.6. The molecule has 2 N–H and O–H groups in total. The molecular weight excluding hydrogens is 308 g/mol. The van der Waals surface area contributed by atoms with Crippen LogP contribution in [0.5, 0.6) is 11.6 Å². The van der Waals surface area contributed by atoms with Crippen molar-refractivity contribution in [3.05, 3.63) is 41.6 Å². The number of nitrogens with zero attached hydrogens (tertiary/aromatic N) is 4. The number of halogens is 2. The molecule has 0 aliphatic carbocycles. The van der Waals surface area contributed by atoms with Crippen LogP contribution in [0.15, 0.2) is 30.3 Å². The maximum absolute atomic E-state index is 12.7. The van der Waals surface area contributed by atoms with E-state index in [4.69, 9.17) is 4.74 Å². The molecule has 3 aromatic rings. The normalized spacial score (nSPS) is 11.1. The Hall–Kier alpha value is -2.97. The smallest absolute Gasteiger partial charge is 0.280 e. The lowest BCUT2D eigenvalue weighted by Crippen LogP contribution is -2.01. The molecule has 2 heterocycles. The van der Waals surface area contributed by atoms with Gasteiger partial charge in [0.2, 0.25) is 11.8 Å². The van der Waals surface area contributed by atoms with Gasteiger partial charge in [-0.25, -0.2) is 13.8 Å². The molecule has 0 unspecified atom stereocenters. The lowest BCUT2D eigenvalue weighted by atomic mass is 10.2. The summed E-state index contributed by atoms with van der Waals surface area (Å²) in [6.45, 7) is 0.420. The minimum absolute atomic E-state index is 0.0995. The van der Waals surface area contributed by atoms with E-state index >= 15 is 0 Å². The van der Waals surface area contributed by atoms with Crippen LogP contribution in [0.4, 0.5) is 14.7 Å². The Kier molecular flexibility index (Phi) is 3.92. The monoisotopic (exact) mass is 321 g/mol. The molecule has 120 valence electrons. The third kappa shape index (κ3) is 3.12. The number of aromatic hydroxyl groups is 1. The number of hydrogen-bond acceptors (Lipinski definition) is 6. The van der Waals surface area contributed by atoms with Crippen LogP contribution < -0.4 is 10.1 Å². The molecule has 7 nitrogen and oxygen atoms in total. The van der Waals surface area contributed by atoms with Crippen molar-refractivity contribution in [2.75, 3.05) is 12.4 Å². The lowest BCUT2D eigenvalue weighted by molar-refractivity contribution is 0.145. The second-order valence-corrected chi connectivity index (χ2v) is 4.69. The molecular formula is C14H13F2N5O2. The molecule has 3 rings (SSSR count). The summed E-state index contributed by atoms with van der Waals surface area (Å²) in [5.41, 5.74) is 0.402. The van der Waals surface area contributed by atoms with Gasteiger partial charge in [-0.1, -0.05) is 12.1 Å². The zero-order valence-corrected chi connectivity index (χ0v) is 12.1. The number of benzene rings is 1. The number of nitrogens with one attached hydrogen (secondary N) is 1. The molecule has 0 amide bonds. The Morgan fingerprint density at radius 1 is 1.26 bits per heavy atom. The molecule has 0 radical (unpaired) electrons. The Morgan fingerprint density at radius 2 is 2.00 bits per heavy atom. The summed E-state index contributed by atoms with van der Waals surface area (Å²) in [7, 11) is 1.58. The number of hydrogen-bond donors (Lipinski definition) is 2. The van der Waals surface area contributed by atoms with Crippen molar-refractivity contribution in [3.8, 4) is 11.6 Å². The van der Waals surface area contributed by atoms with Crippen LogP contribution in [0.1, 0.15) is 17.7 Å². The van der Waals surface area contributed by atoms with Crippen molar-refractivity contribution in [3.63, 3.8) is 0 Å². The lowest BCUT2D eigenvalue weighted by Gasteiger charge is -2.03. The molecule has 0 aliphatic heterocycles. The topological polar surface area (TPSA) is 84.6 Å². The average molecular weight is 321 g/mol. The molecule has 0 saturated heterocycles. The molecule has 1 aromatic carbocycles. The van der Waals surface area contributed by atoms with Gasteiger partial charge in [0.15, 0.2) is 0 Å². The Balaban J connectivity index is 1.78. The van der Waals surface area contributed by atoms with Crippen molar-refractivity contribution in [2.45, 2.75) is 13.0 Å². The molecule has 0 saturated carbocycles. The minimum atomic E-state index is -2.79. The van der Waals surface area contributed by atoms with Gasteiger partial charge in [0.1, 0.15) is 11.4 Å². The first-order chi connectivity index (χ1) is 11.1. The van der Waals surface area contributed by atoms with Gasteiger partial charge in [-0.05, 0) is 17.7 Å². The molecule has 0 spiro atoms. The zero-order chi connectivity index (χ0) is 16.4. The van der Waals surface area contributed by atoms with E-state index in [1.165, 1.54) is 0 Å². The Morgan fingerprint density at radius 3 is 2.65 bits per heavy atom. The van der Waals surface area contributed by atoms with Crippen molar-refractivity contribution in [1.29, 1.82) is 0 Å². The maximum atomic E-state index is 12.7. The van der Waals surface area contributed by atoms with Crippen molar-refractivity contribution >= 4 is 11.7 Å². The molecule has 0 atom stereocenters. The summed E-state index contributed by atoms with van der Waals surface area (Å²) in [4.78, 5) is 7.63. The highest BCUT2D eigenvalue weighted by atomic mass is 19.3. The van der Waals surface area contributed by atoms with E-state index in [2.05, 4.69) is 20.4 Å². The second-order valence-electron chi connectivity index (χ2n) is 4.69. The fourth-order valence-corrected chi connectivity index (χ4v) is 1.98. The highest BCUT2D eigenvalue weighted by molar-refractivity contribution is 5.41. The molecule has 0 aliphatic rings. The van der Waals surface area contributed by atoms with Crippen LogP contribution in [-0.2, 0) is 6.54 Å². The van der Waals surface area contributed by atoms with Gasteiger partial charge in [0.05, 0.1) is 7.11 Å². The van der Waals surface area contributed by atoms with E-state index in [9.17, 15) is 13.9 Å². The number of rotatable bonds is 5. The Bertz CT molecular complexity index is 820. The van der Waals surface area contributed by atoms with Crippen molar-refractivity contribution in [2.24, 2.45) is 0 Å². The van der Waals surface area contributed by atoms with E-state index in [0.717, 1.165) is 21.9 Å². The van der Waals surface area contributed by atoms with Gasteiger partial charge in [-0.15, -0.1) is 5.10 Å². The molecule has 2 aromatic heterocycles. The van der Waals surface area contributed by atoms with Gasteiger partial charge < -0.3 is 15.2 Å². The van der Waals surface area contributed by atoms with E-state index < -0.39 is 18.0 Å². The van der Waals surface area contributed by atoms with Crippen LogP contribution in [0.2, 0.25) is 0 Å².